The standard InChI is InChI=1S/BH3O3.Fe.H2O4S/c2-1(3)4;;1-5(2,3)4/h2-4H;;(H2,1,2,3,4). The summed E-state index contributed by atoms with van der Waals surface area (Å²) in [4.78, 5) is 0. The first-order chi connectivity index (χ1) is 3.73. The van der Waals surface area contributed by atoms with E-state index >= 15 is 0 Å². The number of rotatable bonds is 0. The molecule has 64 valence electrons. The van der Waals surface area contributed by atoms with Gasteiger partial charge in [0.05, 0.1) is 0 Å². The molecule has 0 heterocycles. The van der Waals surface area contributed by atoms with Crippen molar-refractivity contribution in [2.45, 2.75) is 0 Å². The van der Waals surface area contributed by atoms with Crippen molar-refractivity contribution in [3.8, 4) is 0 Å². The topological polar surface area (TPSA) is 135 Å². The van der Waals surface area contributed by atoms with Crippen molar-refractivity contribution in [2.75, 3.05) is 0 Å². The van der Waals surface area contributed by atoms with Crippen molar-refractivity contribution >= 4 is 17.7 Å². The molecule has 0 aromatic carbocycles. The van der Waals surface area contributed by atoms with E-state index in [2.05, 4.69) is 0 Å². The predicted molar refractivity (Wildman–Crippen MR) is 26.6 cm³/mol. The summed E-state index contributed by atoms with van der Waals surface area (Å²) in [5.41, 5.74) is 0. The van der Waals surface area contributed by atoms with Gasteiger partial charge in [-0.05, 0) is 0 Å². The van der Waals surface area contributed by atoms with Crippen LogP contribution >= 0.6 is 0 Å². The second kappa shape index (κ2) is 7.44. The molecular weight excluding hydrogens is 211 g/mol. The maximum absolute atomic E-state index is 8.74. The first-order valence-corrected chi connectivity index (χ1v) is 2.87. The molecule has 7 nitrogen and oxygen atoms in total. The monoisotopic (exact) mass is 216 g/mol. The van der Waals surface area contributed by atoms with Gasteiger partial charge in [0.1, 0.15) is 0 Å². The van der Waals surface area contributed by atoms with Crippen LogP contribution in [0.5, 0.6) is 0 Å². The minimum Gasteiger partial charge on any atom is -0.402 e. The number of hydrogen-bond acceptors (Lipinski definition) is 5. The molecule has 0 saturated heterocycles. The molecule has 0 bridgehead atoms. The van der Waals surface area contributed by atoms with Crippen LogP contribution in [-0.4, -0.2) is 39.9 Å². The van der Waals surface area contributed by atoms with Crippen LogP contribution < -0.4 is 0 Å². The average molecular weight is 216 g/mol. The quantitative estimate of drug-likeness (QED) is 0.219. The fourth-order valence-corrected chi connectivity index (χ4v) is 0. The summed E-state index contributed by atoms with van der Waals surface area (Å²) in [6.07, 6.45) is 0. The first-order valence-electron chi connectivity index (χ1n) is 1.47. The van der Waals surface area contributed by atoms with Crippen molar-refractivity contribution in [3.63, 3.8) is 0 Å². The summed E-state index contributed by atoms with van der Waals surface area (Å²) in [6, 6.07) is 0. The minimum atomic E-state index is -4.67. The largest absolute Gasteiger partial charge is 0.631 e. The third-order valence-electron chi connectivity index (χ3n) is 0. The van der Waals surface area contributed by atoms with Crippen molar-refractivity contribution in [1.29, 1.82) is 0 Å². The van der Waals surface area contributed by atoms with Gasteiger partial charge >= 0.3 is 17.7 Å². The van der Waals surface area contributed by atoms with Crippen LogP contribution in [0.2, 0.25) is 0 Å². The van der Waals surface area contributed by atoms with E-state index in [1.165, 1.54) is 0 Å². The van der Waals surface area contributed by atoms with Crippen LogP contribution in [0, 0.1) is 0 Å². The zero-order valence-electron chi connectivity index (χ0n) is 4.39. The van der Waals surface area contributed by atoms with Gasteiger partial charge in [0.15, 0.2) is 0 Å². The smallest absolute Gasteiger partial charge is 0.402 e. The second-order valence-electron chi connectivity index (χ2n) is 0.794. The van der Waals surface area contributed by atoms with Gasteiger partial charge in [-0.15, -0.1) is 0 Å². The van der Waals surface area contributed by atoms with Gasteiger partial charge in [0, 0.05) is 17.1 Å². The second-order valence-corrected chi connectivity index (χ2v) is 1.69. The normalized spacial score (nSPS) is 8.50. The van der Waals surface area contributed by atoms with Crippen LogP contribution in [0.1, 0.15) is 0 Å². The Morgan fingerprint density at radius 1 is 1.00 bits per heavy atom. The van der Waals surface area contributed by atoms with Crippen molar-refractivity contribution < 1.29 is 49.7 Å². The molecule has 0 saturated carbocycles. The molecule has 0 aliphatic heterocycles. The summed E-state index contributed by atoms with van der Waals surface area (Å²) in [5.74, 6) is 0. The maximum atomic E-state index is 8.74. The molecule has 5 N–H and O–H groups in total. The van der Waals surface area contributed by atoms with Crippen LogP contribution in [0.3, 0.4) is 0 Å². The van der Waals surface area contributed by atoms with Gasteiger partial charge in [-0.3, -0.25) is 9.11 Å². The Kier molecular flexibility index (Phi) is 12.5. The zero-order valence-corrected chi connectivity index (χ0v) is 6.31. The summed E-state index contributed by atoms with van der Waals surface area (Å²) in [7, 11) is -6.83. The van der Waals surface area contributed by atoms with E-state index in [4.69, 9.17) is 32.6 Å². The summed E-state index contributed by atoms with van der Waals surface area (Å²) < 4.78 is 31.6. The molecule has 0 radical (unpaired) electrons. The summed E-state index contributed by atoms with van der Waals surface area (Å²) in [6.45, 7) is 0. The van der Waals surface area contributed by atoms with E-state index in [0.29, 0.717) is 0 Å². The SMILES string of the molecule is O=S(=O)(O)O.OB(O)O.[Fe]. The molecule has 0 aliphatic carbocycles. The van der Waals surface area contributed by atoms with Gasteiger partial charge in [-0.2, -0.15) is 8.42 Å². The Bertz CT molecular complexity index is 125. The fourth-order valence-electron chi connectivity index (χ4n) is 0. The minimum absolute atomic E-state index is 0. The third kappa shape index (κ3) is 4010. The molecule has 0 aromatic rings. The summed E-state index contributed by atoms with van der Waals surface area (Å²) >= 11 is 0. The molecular formula is H5BFeO7S. The van der Waals surface area contributed by atoms with Crippen molar-refractivity contribution in [1.82, 2.24) is 0 Å². The third-order valence-corrected chi connectivity index (χ3v) is 0. The maximum Gasteiger partial charge on any atom is 0.631 e. The zero-order chi connectivity index (χ0) is 8.08. The van der Waals surface area contributed by atoms with E-state index in [1.807, 2.05) is 0 Å². The van der Waals surface area contributed by atoms with Crippen LogP contribution in [0.25, 0.3) is 0 Å². The van der Waals surface area contributed by atoms with Crippen molar-refractivity contribution in [2.24, 2.45) is 0 Å². The van der Waals surface area contributed by atoms with E-state index in [-0.39, 0.29) is 17.1 Å². The van der Waals surface area contributed by atoms with Crippen molar-refractivity contribution in [3.05, 3.63) is 0 Å². The Morgan fingerprint density at radius 2 is 1.00 bits per heavy atom. The fraction of sp³-hybridized carbons (Fsp3) is 0. The van der Waals surface area contributed by atoms with Crippen LogP contribution in [-0.2, 0) is 27.5 Å². The van der Waals surface area contributed by atoms with Gasteiger partial charge in [0.25, 0.3) is 0 Å². The van der Waals surface area contributed by atoms with Gasteiger partial charge < -0.3 is 15.1 Å². The van der Waals surface area contributed by atoms with Gasteiger partial charge in [-0.25, -0.2) is 0 Å². The molecule has 0 atom stereocenters. The summed E-state index contributed by atoms with van der Waals surface area (Å²) in [5, 5.41) is 21.5. The van der Waals surface area contributed by atoms with Crippen LogP contribution in [0.15, 0.2) is 0 Å². The van der Waals surface area contributed by atoms with Gasteiger partial charge in [-0.1, -0.05) is 0 Å². The Balaban J connectivity index is -0.0000000910. The molecule has 0 aromatic heterocycles. The molecule has 10 heteroatoms. The average Bonchev–Trinajstić information content (AvgIpc) is 1.19. The predicted octanol–water partition coefficient (Wildman–Crippen LogP) is -2.71. The van der Waals surface area contributed by atoms with Crippen LogP contribution in [0.4, 0.5) is 0 Å². The molecule has 0 amide bonds. The number of hydrogen-bond donors (Lipinski definition) is 5. The Labute approximate surface area is 67.9 Å². The Hall–Kier alpha value is 0.334. The van der Waals surface area contributed by atoms with E-state index in [0.717, 1.165) is 0 Å². The van der Waals surface area contributed by atoms with E-state index < -0.39 is 17.7 Å². The molecule has 0 unspecified atom stereocenters. The van der Waals surface area contributed by atoms with E-state index in [1.54, 1.807) is 0 Å². The molecule has 0 rings (SSSR count). The molecule has 0 fully saturated rings. The van der Waals surface area contributed by atoms with E-state index in [9.17, 15) is 0 Å². The first kappa shape index (κ1) is 16.7. The molecule has 0 spiro atoms. The van der Waals surface area contributed by atoms with Gasteiger partial charge in [0.2, 0.25) is 0 Å². The Morgan fingerprint density at radius 3 is 1.00 bits per heavy atom. The molecule has 0 aliphatic rings. The molecule has 10 heavy (non-hydrogen) atoms.